The molecule has 1 amide bonds. The van der Waals surface area contributed by atoms with Crippen LogP contribution in [0.15, 0.2) is 34.9 Å². The van der Waals surface area contributed by atoms with Crippen LogP contribution in [-0.4, -0.2) is 35.5 Å². The van der Waals surface area contributed by atoms with Crippen molar-refractivity contribution in [3.05, 3.63) is 85.9 Å². The molecule has 3 aromatic heterocycles. The van der Waals surface area contributed by atoms with Gasteiger partial charge in [0.2, 0.25) is 0 Å². The Balaban J connectivity index is 1.56. The van der Waals surface area contributed by atoms with Crippen LogP contribution in [0.25, 0.3) is 0 Å². The fraction of sp³-hybridized carbons (Fsp3) is 0.273. The summed E-state index contributed by atoms with van der Waals surface area (Å²) in [6.45, 7) is 7.42. The molecule has 0 aliphatic carbocycles. The topological polar surface area (TPSA) is 134 Å². The number of aryl methyl sites for hydroxylation is 3. The van der Waals surface area contributed by atoms with Crippen LogP contribution in [0.3, 0.4) is 0 Å². The Bertz CT molecular complexity index is 1390. The number of nitro groups is 1. The molecule has 176 valence electrons. The minimum atomic E-state index is -0.577. The molecular weight excluding hydrogens is 445 g/mol. The van der Waals surface area contributed by atoms with Crippen molar-refractivity contribution in [1.29, 1.82) is 0 Å². The molecule has 1 aromatic carbocycles. The van der Waals surface area contributed by atoms with E-state index < -0.39 is 10.8 Å². The molecule has 4 rings (SSSR count). The summed E-state index contributed by atoms with van der Waals surface area (Å²) in [5.74, 6) is -0.692. The van der Waals surface area contributed by atoms with Crippen LogP contribution in [0, 0.1) is 43.6 Å². The third-order valence-corrected chi connectivity index (χ3v) is 5.53. The number of hydrogen-bond donors (Lipinski definition) is 1. The predicted octanol–water partition coefficient (Wildman–Crippen LogP) is 3.70. The normalized spacial score (nSPS) is 11.1. The van der Waals surface area contributed by atoms with Gasteiger partial charge in [-0.3, -0.25) is 9.48 Å². The van der Waals surface area contributed by atoms with Gasteiger partial charge in [-0.15, -0.1) is 0 Å². The lowest BCUT2D eigenvalue weighted by atomic mass is 10.1. The van der Waals surface area contributed by atoms with Crippen LogP contribution in [0.5, 0.6) is 0 Å². The van der Waals surface area contributed by atoms with Crippen molar-refractivity contribution in [2.24, 2.45) is 0 Å². The van der Waals surface area contributed by atoms with Gasteiger partial charge in [0.25, 0.3) is 5.91 Å². The van der Waals surface area contributed by atoms with Crippen LogP contribution >= 0.6 is 0 Å². The Kier molecular flexibility index (Phi) is 5.97. The summed E-state index contributed by atoms with van der Waals surface area (Å²) in [4.78, 5) is 23.5. The van der Waals surface area contributed by atoms with Gasteiger partial charge >= 0.3 is 5.82 Å². The van der Waals surface area contributed by atoms with E-state index in [4.69, 9.17) is 4.52 Å². The zero-order valence-corrected chi connectivity index (χ0v) is 19.0. The largest absolute Gasteiger partial charge is 0.390 e. The van der Waals surface area contributed by atoms with Crippen molar-refractivity contribution in [1.82, 2.24) is 24.7 Å². The second-order valence-corrected chi connectivity index (χ2v) is 7.91. The highest BCUT2D eigenvalue weighted by molar-refractivity contribution is 6.04. The maximum atomic E-state index is 13.2. The SMILES string of the molecule is Cc1nn(Cc2ccc(F)cc2)c(C)c1NC(=O)c1noc(C)c1Cn1nc([N+](=O)[O-])cc1C. The van der Waals surface area contributed by atoms with E-state index in [0.717, 1.165) is 11.3 Å². The molecule has 4 aromatic rings. The number of hydrogen-bond acceptors (Lipinski definition) is 7. The van der Waals surface area contributed by atoms with E-state index >= 15 is 0 Å². The van der Waals surface area contributed by atoms with E-state index in [9.17, 15) is 19.3 Å². The monoisotopic (exact) mass is 467 g/mol. The standard InChI is InChI=1S/C22H22FN7O4/c1-12-9-19(30(32)33)26-28(12)11-18-15(4)34-27-21(18)22(31)24-20-13(2)25-29(14(20)3)10-16-5-7-17(23)8-6-16/h5-9H,10-11H2,1-4H3,(H,24,31). The molecule has 0 aliphatic rings. The third-order valence-electron chi connectivity index (χ3n) is 5.53. The number of carbonyl (C=O) groups is 1. The van der Waals surface area contributed by atoms with Gasteiger partial charge in [-0.05, 0) is 50.3 Å². The number of amides is 1. The first-order chi connectivity index (χ1) is 16.1. The first-order valence-electron chi connectivity index (χ1n) is 10.4. The molecule has 0 aliphatic heterocycles. The summed E-state index contributed by atoms with van der Waals surface area (Å²) >= 11 is 0. The summed E-state index contributed by atoms with van der Waals surface area (Å²) in [7, 11) is 0. The number of nitrogens with zero attached hydrogens (tertiary/aromatic N) is 6. The Morgan fingerprint density at radius 1 is 1.12 bits per heavy atom. The average Bonchev–Trinajstić information content (AvgIpc) is 3.42. The molecule has 0 radical (unpaired) electrons. The summed E-state index contributed by atoms with van der Waals surface area (Å²) in [6, 6.07) is 7.47. The molecule has 1 N–H and O–H groups in total. The molecule has 0 unspecified atom stereocenters. The van der Waals surface area contributed by atoms with Crippen molar-refractivity contribution < 1.29 is 18.6 Å². The van der Waals surface area contributed by atoms with Crippen molar-refractivity contribution in [3.8, 4) is 0 Å². The van der Waals surface area contributed by atoms with Gasteiger partial charge < -0.3 is 20.0 Å². The number of nitrogens with one attached hydrogen (secondary N) is 1. The Hall–Kier alpha value is -4.35. The van der Waals surface area contributed by atoms with Gasteiger partial charge in [0.1, 0.15) is 11.6 Å². The Morgan fingerprint density at radius 2 is 1.82 bits per heavy atom. The van der Waals surface area contributed by atoms with Crippen LogP contribution in [0.4, 0.5) is 15.9 Å². The van der Waals surface area contributed by atoms with Crippen LogP contribution in [0.1, 0.15) is 44.5 Å². The highest BCUT2D eigenvalue weighted by Gasteiger charge is 2.25. The lowest BCUT2D eigenvalue weighted by Gasteiger charge is -2.07. The van der Waals surface area contributed by atoms with E-state index in [-0.39, 0.29) is 23.9 Å². The summed E-state index contributed by atoms with van der Waals surface area (Å²) in [5.41, 5.74) is 3.80. The second-order valence-electron chi connectivity index (χ2n) is 7.91. The fourth-order valence-electron chi connectivity index (χ4n) is 3.61. The number of anilines is 1. The molecule has 34 heavy (non-hydrogen) atoms. The van der Waals surface area contributed by atoms with Gasteiger partial charge in [0.05, 0.1) is 52.6 Å². The van der Waals surface area contributed by atoms with E-state index in [2.05, 4.69) is 20.7 Å². The van der Waals surface area contributed by atoms with Gasteiger partial charge in [-0.25, -0.2) is 4.39 Å². The zero-order valence-electron chi connectivity index (χ0n) is 19.0. The molecule has 0 bridgehead atoms. The minimum Gasteiger partial charge on any atom is -0.361 e. The highest BCUT2D eigenvalue weighted by atomic mass is 19.1. The molecule has 0 spiro atoms. The highest BCUT2D eigenvalue weighted by Crippen LogP contribution is 2.24. The number of aromatic nitrogens is 5. The van der Waals surface area contributed by atoms with E-state index in [1.54, 1.807) is 37.6 Å². The Morgan fingerprint density at radius 3 is 2.47 bits per heavy atom. The smallest absolute Gasteiger partial charge is 0.361 e. The van der Waals surface area contributed by atoms with Gasteiger partial charge in [0, 0.05) is 0 Å². The zero-order chi connectivity index (χ0) is 24.6. The van der Waals surface area contributed by atoms with Crippen molar-refractivity contribution >= 4 is 17.4 Å². The molecule has 12 heteroatoms. The van der Waals surface area contributed by atoms with E-state index in [1.807, 2.05) is 6.92 Å². The average molecular weight is 467 g/mol. The van der Waals surface area contributed by atoms with Gasteiger partial charge in [0.15, 0.2) is 5.69 Å². The van der Waals surface area contributed by atoms with Crippen molar-refractivity contribution in [3.63, 3.8) is 0 Å². The molecule has 11 nitrogen and oxygen atoms in total. The summed E-state index contributed by atoms with van der Waals surface area (Å²) in [5, 5.41) is 26.2. The fourth-order valence-corrected chi connectivity index (χ4v) is 3.61. The van der Waals surface area contributed by atoms with Crippen LogP contribution in [0.2, 0.25) is 0 Å². The Labute approximate surface area is 193 Å². The minimum absolute atomic E-state index is 0.0557. The number of carbonyl (C=O) groups excluding carboxylic acids is 1. The molecule has 3 heterocycles. The van der Waals surface area contributed by atoms with Crippen LogP contribution in [-0.2, 0) is 13.1 Å². The van der Waals surface area contributed by atoms with Crippen molar-refractivity contribution in [2.45, 2.75) is 40.8 Å². The first kappa shape index (κ1) is 22.8. The van der Waals surface area contributed by atoms with Gasteiger partial charge in [-0.1, -0.05) is 17.3 Å². The molecule has 0 saturated heterocycles. The van der Waals surface area contributed by atoms with E-state index in [1.165, 1.54) is 22.9 Å². The molecule has 0 fully saturated rings. The lowest BCUT2D eigenvalue weighted by Crippen LogP contribution is -2.17. The number of rotatable bonds is 7. The summed E-state index contributed by atoms with van der Waals surface area (Å²) < 4.78 is 21.6. The second kappa shape index (κ2) is 8.89. The van der Waals surface area contributed by atoms with Crippen molar-refractivity contribution in [2.75, 3.05) is 5.32 Å². The predicted molar refractivity (Wildman–Crippen MR) is 119 cm³/mol. The maximum absolute atomic E-state index is 13.2. The quantitative estimate of drug-likeness (QED) is 0.323. The lowest BCUT2D eigenvalue weighted by molar-refractivity contribution is -0.389. The third kappa shape index (κ3) is 4.42. The first-order valence-corrected chi connectivity index (χ1v) is 10.4. The molecule has 0 atom stereocenters. The summed E-state index contributed by atoms with van der Waals surface area (Å²) in [6.07, 6.45) is 0. The van der Waals surface area contributed by atoms with E-state index in [0.29, 0.717) is 34.9 Å². The molecule has 0 saturated carbocycles. The van der Waals surface area contributed by atoms with Gasteiger partial charge in [-0.2, -0.15) is 9.78 Å². The molecular formula is C22H22FN7O4. The number of halogens is 1. The maximum Gasteiger partial charge on any atom is 0.390 e. The van der Waals surface area contributed by atoms with Crippen LogP contribution < -0.4 is 5.32 Å². The number of benzene rings is 1.